The summed E-state index contributed by atoms with van der Waals surface area (Å²) in [4.78, 5) is 22.2. The zero-order valence-electron chi connectivity index (χ0n) is 24.1. The number of carbonyl (C=O) groups is 2. The molecule has 0 saturated carbocycles. The van der Waals surface area contributed by atoms with Crippen LogP contribution in [0.2, 0.25) is 0 Å². The summed E-state index contributed by atoms with van der Waals surface area (Å²) < 4.78 is 60.3. The molecule has 1 fully saturated rings. The molecule has 3 aromatic carbocycles. The van der Waals surface area contributed by atoms with Crippen molar-refractivity contribution in [2.75, 3.05) is 6.61 Å². The highest BCUT2D eigenvalue weighted by molar-refractivity contribution is 9.10. The SMILES string of the molecule is CCOC(=O)Cc1ccc(OCc2ccccc2)c(B2OC(C)(C)C(C)(C)O2)c1.O=Cc1cc(C(F)(F)F)ccc1Br. The number of ether oxygens (including phenoxy) is 2. The summed E-state index contributed by atoms with van der Waals surface area (Å²) in [6, 6.07) is 18.6. The molecular weight excluding hydrogens is 616 g/mol. The van der Waals surface area contributed by atoms with Gasteiger partial charge in [0.15, 0.2) is 6.29 Å². The van der Waals surface area contributed by atoms with E-state index < -0.39 is 30.1 Å². The second kappa shape index (κ2) is 13.9. The van der Waals surface area contributed by atoms with Crippen LogP contribution in [0, 0.1) is 0 Å². The molecule has 4 rings (SSSR count). The highest BCUT2D eigenvalue weighted by atomic mass is 79.9. The monoisotopic (exact) mass is 648 g/mol. The minimum absolute atomic E-state index is 0.00479. The van der Waals surface area contributed by atoms with Gasteiger partial charge in [0.05, 0.1) is 29.8 Å². The van der Waals surface area contributed by atoms with Crippen LogP contribution in [0.25, 0.3) is 0 Å². The molecular formula is C31H33BBrF3O6. The summed E-state index contributed by atoms with van der Waals surface area (Å²) >= 11 is 2.96. The van der Waals surface area contributed by atoms with Crippen LogP contribution in [-0.4, -0.2) is 37.2 Å². The smallest absolute Gasteiger partial charge is 0.489 e. The van der Waals surface area contributed by atoms with Crippen molar-refractivity contribution < 1.29 is 41.5 Å². The van der Waals surface area contributed by atoms with E-state index >= 15 is 0 Å². The third-order valence-corrected chi connectivity index (χ3v) is 7.64. The number of benzene rings is 3. The fourth-order valence-corrected chi connectivity index (χ4v) is 4.26. The van der Waals surface area contributed by atoms with Gasteiger partial charge in [-0.15, -0.1) is 0 Å². The van der Waals surface area contributed by atoms with Gasteiger partial charge in [-0.2, -0.15) is 13.2 Å². The average Bonchev–Trinajstić information content (AvgIpc) is 3.14. The summed E-state index contributed by atoms with van der Waals surface area (Å²) in [5.41, 5.74) is 0.925. The third kappa shape index (κ3) is 8.69. The quantitative estimate of drug-likeness (QED) is 0.150. The molecule has 3 aromatic rings. The van der Waals surface area contributed by atoms with E-state index in [1.165, 1.54) is 6.07 Å². The Kier molecular flexibility index (Phi) is 11.0. The molecule has 0 atom stereocenters. The van der Waals surface area contributed by atoms with Crippen molar-refractivity contribution in [3.8, 4) is 5.75 Å². The van der Waals surface area contributed by atoms with Crippen molar-refractivity contribution >= 4 is 40.8 Å². The van der Waals surface area contributed by atoms with E-state index in [1.807, 2.05) is 76.2 Å². The van der Waals surface area contributed by atoms with Crippen molar-refractivity contribution in [1.82, 2.24) is 0 Å². The minimum Gasteiger partial charge on any atom is -0.489 e. The van der Waals surface area contributed by atoms with E-state index in [-0.39, 0.29) is 18.0 Å². The first kappa shape index (κ1) is 33.4. The Morgan fingerprint density at radius 1 is 0.952 bits per heavy atom. The molecule has 0 spiro atoms. The standard InChI is InChI=1S/C23H29BO5.C8H4BrF3O/c1-6-26-21(25)15-18-12-13-20(27-16-17-10-8-7-9-11-17)19(14-18)24-28-22(2,3)23(4,5)29-24;9-7-2-1-6(8(10,11)12)3-5(7)4-13/h7-14H,6,15-16H2,1-5H3;1-4H. The maximum absolute atomic E-state index is 12.1. The molecule has 11 heteroatoms. The zero-order valence-corrected chi connectivity index (χ0v) is 25.7. The molecule has 0 amide bonds. The fraction of sp³-hybridized carbons (Fsp3) is 0.355. The second-order valence-electron chi connectivity index (χ2n) is 10.6. The predicted octanol–water partition coefficient (Wildman–Crippen LogP) is 6.95. The Labute approximate surface area is 252 Å². The van der Waals surface area contributed by atoms with Crippen LogP contribution >= 0.6 is 15.9 Å². The molecule has 224 valence electrons. The number of aldehydes is 1. The van der Waals surface area contributed by atoms with Crippen LogP contribution < -0.4 is 10.2 Å². The van der Waals surface area contributed by atoms with E-state index in [4.69, 9.17) is 18.8 Å². The van der Waals surface area contributed by atoms with Gasteiger partial charge in [-0.3, -0.25) is 9.59 Å². The molecule has 0 N–H and O–H groups in total. The summed E-state index contributed by atoms with van der Waals surface area (Å²) in [7, 11) is -0.576. The van der Waals surface area contributed by atoms with Crippen LogP contribution in [0.4, 0.5) is 13.2 Å². The molecule has 1 aliphatic rings. The lowest BCUT2D eigenvalue weighted by Gasteiger charge is -2.32. The normalized spacial score (nSPS) is 15.4. The first-order chi connectivity index (χ1) is 19.7. The fourth-order valence-electron chi connectivity index (χ4n) is 3.92. The highest BCUT2D eigenvalue weighted by Crippen LogP contribution is 2.37. The lowest BCUT2D eigenvalue weighted by molar-refractivity contribution is -0.142. The van der Waals surface area contributed by atoms with Gasteiger partial charge in [0.2, 0.25) is 0 Å². The molecule has 1 heterocycles. The molecule has 1 saturated heterocycles. The van der Waals surface area contributed by atoms with Crippen molar-refractivity contribution in [1.29, 1.82) is 0 Å². The van der Waals surface area contributed by atoms with Crippen molar-refractivity contribution in [3.63, 3.8) is 0 Å². The Morgan fingerprint density at radius 3 is 2.17 bits per heavy atom. The maximum atomic E-state index is 12.1. The Hall–Kier alpha value is -3.15. The zero-order chi connectivity index (χ0) is 31.1. The molecule has 0 aliphatic carbocycles. The largest absolute Gasteiger partial charge is 0.498 e. The van der Waals surface area contributed by atoms with E-state index in [0.717, 1.165) is 28.7 Å². The summed E-state index contributed by atoms with van der Waals surface area (Å²) in [6.07, 6.45) is -3.84. The van der Waals surface area contributed by atoms with Gasteiger partial charge in [0, 0.05) is 15.5 Å². The van der Waals surface area contributed by atoms with Crippen molar-refractivity contribution in [2.24, 2.45) is 0 Å². The highest BCUT2D eigenvalue weighted by Gasteiger charge is 2.52. The summed E-state index contributed by atoms with van der Waals surface area (Å²) in [6.45, 7) is 10.7. The Bertz CT molecular complexity index is 1360. The number of esters is 1. The van der Waals surface area contributed by atoms with Crippen LogP contribution in [0.1, 0.15) is 61.7 Å². The lowest BCUT2D eigenvalue weighted by atomic mass is 9.77. The first-order valence-corrected chi connectivity index (χ1v) is 14.1. The van der Waals surface area contributed by atoms with Gasteiger partial charge in [-0.1, -0.05) is 58.4 Å². The van der Waals surface area contributed by atoms with Crippen LogP contribution in [0.3, 0.4) is 0 Å². The number of carbonyl (C=O) groups excluding carboxylic acids is 2. The first-order valence-electron chi connectivity index (χ1n) is 13.3. The average molecular weight is 649 g/mol. The molecule has 1 aliphatic heterocycles. The Morgan fingerprint density at radius 2 is 1.60 bits per heavy atom. The Balaban J connectivity index is 0.000000312. The van der Waals surface area contributed by atoms with E-state index in [9.17, 15) is 22.8 Å². The van der Waals surface area contributed by atoms with Gasteiger partial charge >= 0.3 is 19.3 Å². The van der Waals surface area contributed by atoms with Crippen LogP contribution in [0.5, 0.6) is 5.75 Å². The topological polar surface area (TPSA) is 71.1 Å². The molecule has 0 bridgehead atoms. The molecule has 0 unspecified atom stereocenters. The van der Waals surface area contributed by atoms with Crippen LogP contribution in [-0.2, 0) is 38.0 Å². The summed E-state index contributed by atoms with van der Waals surface area (Å²) in [5, 5.41) is 0. The number of alkyl halides is 3. The van der Waals surface area contributed by atoms with Gasteiger partial charge in [0.25, 0.3) is 0 Å². The van der Waals surface area contributed by atoms with Gasteiger partial charge < -0.3 is 18.8 Å². The van der Waals surface area contributed by atoms with Gasteiger partial charge in [-0.05, 0) is 70.0 Å². The predicted molar refractivity (Wildman–Crippen MR) is 158 cm³/mol. The number of rotatable bonds is 8. The lowest BCUT2D eigenvalue weighted by Crippen LogP contribution is -2.41. The van der Waals surface area contributed by atoms with Gasteiger partial charge in [0.1, 0.15) is 12.4 Å². The molecule has 6 nitrogen and oxygen atoms in total. The minimum atomic E-state index is -4.40. The molecule has 0 radical (unpaired) electrons. The van der Waals surface area contributed by atoms with E-state index in [1.54, 1.807) is 6.92 Å². The summed E-state index contributed by atoms with van der Waals surface area (Å²) in [5.74, 6) is 0.422. The molecule has 42 heavy (non-hydrogen) atoms. The second-order valence-corrected chi connectivity index (χ2v) is 11.4. The molecule has 0 aromatic heterocycles. The van der Waals surface area contributed by atoms with E-state index in [0.29, 0.717) is 29.7 Å². The third-order valence-electron chi connectivity index (χ3n) is 6.92. The van der Waals surface area contributed by atoms with Crippen LogP contribution in [0.15, 0.2) is 71.2 Å². The number of halogens is 4. The van der Waals surface area contributed by atoms with E-state index in [2.05, 4.69) is 15.9 Å². The maximum Gasteiger partial charge on any atom is 0.498 e. The van der Waals surface area contributed by atoms with Gasteiger partial charge in [-0.25, -0.2) is 0 Å². The number of hydrogen-bond donors (Lipinski definition) is 0. The van der Waals surface area contributed by atoms with Crippen molar-refractivity contribution in [2.45, 2.75) is 65.0 Å². The van der Waals surface area contributed by atoms with Crippen molar-refractivity contribution in [3.05, 3.63) is 93.5 Å². The number of hydrogen-bond acceptors (Lipinski definition) is 6.